The van der Waals surface area contributed by atoms with Gasteiger partial charge in [-0.3, -0.25) is 0 Å². The van der Waals surface area contributed by atoms with E-state index < -0.39 is 6.04 Å². The summed E-state index contributed by atoms with van der Waals surface area (Å²) >= 11 is 0. The highest BCUT2D eigenvalue weighted by Gasteiger charge is 2.33. The molecule has 0 aliphatic heterocycles. The Morgan fingerprint density at radius 1 is 1.25 bits per heavy atom. The van der Waals surface area contributed by atoms with Crippen molar-refractivity contribution in [3.05, 3.63) is 34.9 Å². The second-order valence-electron chi connectivity index (χ2n) is 4.85. The molecule has 0 bridgehead atoms. The second-order valence-corrected chi connectivity index (χ2v) is 4.85. The lowest BCUT2D eigenvalue weighted by Gasteiger charge is -2.20. The van der Waals surface area contributed by atoms with Gasteiger partial charge in [0.25, 0.3) is 0 Å². The van der Waals surface area contributed by atoms with Crippen LogP contribution in [0.25, 0.3) is 0 Å². The van der Waals surface area contributed by atoms with Gasteiger partial charge in [0.05, 0.1) is 0 Å². The zero-order valence-corrected chi connectivity index (χ0v) is 9.63. The number of hydrogen-bond donors (Lipinski definition) is 1. The van der Waals surface area contributed by atoms with E-state index in [9.17, 15) is 8.78 Å². The highest BCUT2D eigenvalue weighted by atomic mass is 19.1. The summed E-state index contributed by atoms with van der Waals surface area (Å²) in [4.78, 5) is 0. The largest absolute Gasteiger partial charge is 0.324 e. The van der Waals surface area contributed by atoms with Crippen LogP contribution in [0.3, 0.4) is 0 Å². The van der Waals surface area contributed by atoms with E-state index >= 15 is 0 Å². The molecule has 1 nitrogen and oxygen atoms in total. The van der Waals surface area contributed by atoms with Crippen molar-refractivity contribution in [1.82, 2.24) is 0 Å². The molecule has 2 N–H and O–H groups in total. The molecule has 2 unspecified atom stereocenters. The number of aryl methyl sites for hydroxylation is 1. The van der Waals surface area contributed by atoms with E-state index in [2.05, 4.69) is 0 Å². The molecule has 0 saturated heterocycles. The first kappa shape index (κ1) is 11.5. The standard InChI is InChI=1S/C13H17F2N/c1-7-5-12(15)10(6-11(7)14)13(16)8(2)9-3-4-9/h5-6,8-9,13H,3-4,16H2,1-2H3. The molecule has 0 heterocycles. The van der Waals surface area contributed by atoms with Gasteiger partial charge in [-0.05, 0) is 49.3 Å². The predicted octanol–water partition coefficient (Wildman–Crippen LogP) is 3.32. The minimum atomic E-state index is -0.400. The summed E-state index contributed by atoms with van der Waals surface area (Å²) < 4.78 is 27.1. The quantitative estimate of drug-likeness (QED) is 0.839. The Morgan fingerprint density at radius 3 is 2.44 bits per heavy atom. The van der Waals surface area contributed by atoms with Crippen molar-refractivity contribution in [2.75, 3.05) is 0 Å². The molecular formula is C13H17F2N. The van der Waals surface area contributed by atoms with Gasteiger partial charge in [-0.25, -0.2) is 8.78 Å². The number of rotatable bonds is 3. The van der Waals surface area contributed by atoms with Crippen LogP contribution in [0, 0.1) is 30.4 Å². The fourth-order valence-corrected chi connectivity index (χ4v) is 2.12. The normalized spacial score (nSPS) is 19.6. The van der Waals surface area contributed by atoms with Gasteiger partial charge in [-0.2, -0.15) is 0 Å². The van der Waals surface area contributed by atoms with Gasteiger partial charge in [0.1, 0.15) is 11.6 Å². The number of halogens is 2. The van der Waals surface area contributed by atoms with Gasteiger partial charge in [0.2, 0.25) is 0 Å². The van der Waals surface area contributed by atoms with Gasteiger partial charge >= 0.3 is 0 Å². The van der Waals surface area contributed by atoms with Crippen LogP contribution >= 0.6 is 0 Å². The summed E-state index contributed by atoms with van der Waals surface area (Å²) in [5, 5.41) is 0. The van der Waals surface area contributed by atoms with E-state index in [1.165, 1.54) is 12.1 Å². The molecular weight excluding hydrogens is 208 g/mol. The zero-order chi connectivity index (χ0) is 11.9. The van der Waals surface area contributed by atoms with E-state index in [1.54, 1.807) is 6.92 Å². The van der Waals surface area contributed by atoms with E-state index in [-0.39, 0.29) is 17.6 Å². The molecule has 16 heavy (non-hydrogen) atoms. The predicted molar refractivity (Wildman–Crippen MR) is 59.9 cm³/mol. The van der Waals surface area contributed by atoms with Gasteiger partial charge in [-0.1, -0.05) is 6.92 Å². The third-order valence-electron chi connectivity index (χ3n) is 3.57. The first-order chi connectivity index (χ1) is 7.50. The van der Waals surface area contributed by atoms with Crippen molar-refractivity contribution >= 4 is 0 Å². The Bertz CT molecular complexity index is 399. The van der Waals surface area contributed by atoms with Crippen molar-refractivity contribution in [2.45, 2.75) is 32.7 Å². The highest BCUT2D eigenvalue weighted by molar-refractivity contribution is 5.28. The summed E-state index contributed by atoms with van der Waals surface area (Å²) in [6, 6.07) is 2.07. The van der Waals surface area contributed by atoms with E-state index in [0.29, 0.717) is 17.0 Å². The number of benzene rings is 1. The van der Waals surface area contributed by atoms with Crippen molar-refractivity contribution in [3.8, 4) is 0 Å². The van der Waals surface area contributed by atoms with Crippen LogP contribution < -0.4 is 5.73 Å². The second kappa shape index (κ2) is 4.13. The van der Waals surface area contributed by atoms with Crippen LogP contribution in [0.1, 0.15) is 36.9 Å². The molecule has 1 aliphatic carbocycles. The average molecular weight is 225 g/mol. The molecule has 0 aromatic heterocycles. The Balaban J connectivity index is 2.28. The van der Waals surface area contributed by atoms with Crippen molar-refractivity contribution in [2.24, 2.45) is 17.6 Å². The van der Waals surface area contributed by atoms with Gasteiger partial charge in [-0.15, -0.1) is 0 Å². The molecule has 0 radical (unpaired) electrons. The minimum absolute atomic E-state index is 0.219. The van der Waals surface area contributed by atoms with E-state index in [4.69, 9.17) is 5.73 Å². The molecule has 1 aliphatic rings. The maximum absolute atomic E-state index is 13.7. The molecule has 1 aromatic carbocycles. The average Bonchev–Trinajstić information content (AvgIpc) is 3.05. The van der Waals surface area contributed by atoms with Crippen LogP contribution in [0.15, 0.2) is 12.1 Å². The third-order valence-corrected chi connectivity index (χ3v) is 3.57. The van der Waals surface area contributed by atoms with Crippen LogP contribution in [-0.4, -0.2) is 0 Å². The highest BCUT2D eigenvalue weighted by Crippen LogP contribution is 2.42. The monoisotopic (exact) mass is 225 g/mol. The molecule has 1 aromatic rings. The Morgan fingerprint density at radius 2 is 1.88 bits per heavy atom. The first-order valence-electron chi connectivity index (χ1n) is 5.72. The summed E-state index contributed by atoms with van der Waals surface area (Å²) in [6.45, 7) is 3.57. The number of nitrogens with two attached hydrogens (primary N) is 1. The smallest absolute Gasteiger partial charge is 0.128 e. The van der Waals surface area contributed by atoms with Crippen LogP contribution in [0.4, 0.5) is 8.78 Å². The first-order valence-corrected chi connectivity index (χ1v) is 5.72. The molecule has 1 fully saturated rings. The van der Waals surface area contributed by atoms with Crippen LogP contribution in [0.2, 0.25) is 0 Å². The zero-order valence-electron chi connectivity index (χ0n) is 9.63. The maximum atomic E-state index is 13.7. The summed E-state index contributed by atoms with van der Waals surface area (Å²) in [7, 11) is 0. The molecule has 3 heteroatoms. The Labute approximate surface area is 94.7 Å². The fourth-order valence-electron chi connectivity index (χ4n) is 2.12. The lowest BCUT2D eigenvalue weighted by atomic mass is 9.90. The molecule has 2 atom stereocenters. The summed E-state index contributed by atoms with van der Waals surface area (Å²) in [6.07, 6.45) is 2.32. The summed E-state index contributed by atoms with van der Waals surface area (Å²) in [5.41, 5.74) is 6.63. The molecule has 0 amide bonds. The van der Waals surface area contributed by atoms with Crippen LogP contribution in [-0.2, 0) is 0 Å². The molecule has 2 rings (SSSR count). The Hall–Kier alpha value is -0.960. The van der Waals surface area contributed by atoms with E-state index in [1.807, 2.05) is 6.92 Å². The van der Waals surface area contributed by atoms with Crippen molar-refractivity contribution < 1.29 is 8.78 Å². The van der Waals surface area contributed by atoms with Crippen molar-refractivity contribution in [1.29, 1.82) is 0 Å². The fraction of sp³-hybridized carbons (Fsp3) is 0.538. The van der Waals surface area contributed by atoms with Crippen molar-refractivity contribution in [3.63, 3.8) is 0 Å². The lowest BCUT2D eigenvalue weighted by Crippen LogP contribution is -2.22. The third kappa shape index (κ3) is 2.09. The van der Waals surface area contributed by atoms with Gasteiger partial charge in [0.15, 0.2) is 0 Å². The minimum Gasteiger partial charge on any atom is -0.324 e. The van der Waals surface area contributed by atoms with Gasteiger partial charge in [0, 0.05) is 11.6 Å². The summed E-state index contributed by atoms with van der Waals surface area (Å²) in [5.74, 6) is 0.0316. The molecule has 88 valence electrons. The maximum Gasteiger partial charge on any atom is 0.128 e. The lowest BCUT2D eigenvalue weighted by molar-refractivity contribution is 0.402. The van der Waals surface area contributed by atoms with Crippen LogP contribution in [0.5, 0.6) is 0 Å². The SMILES string of the molecule is Cc1cc(F)c(C(N)C(C)C2CC2)cc1F. The molecule has 1 saturated carbocycles. The number of hydrogen-bond acceptors (Lipinski definition) is 1. The molecule has 0 spiro atoms. The Kier molecular flexibility index (Phi) is 2.98. The van der Waals surface area contributed by atoms with Gasteiger partial charge < -0.3 is 5.73 Å². The topological polar surface area (TPSA) is 26.0 Å². The van der Waals surface area contributed by atoms with E-state index in [0.717, 1.165) is 12.8 Å².